The van der Waals surface area contributed by atoms with Gasteiger partial charge < -0.3 is 5.32 Å². The second-order valence-corrected chi connectivity index (χ2v) is 3.20. The zero-order valence-corrected chi connectivity index (χ0v) is 6.12. The van der Waals surface area contributed by atoms with E-state index in [0.717, 1.165) is 18.6 Å². The molecule has 0 spiro atoms. The van der Waals surface area contributed by atoms with Gasteiger partial charge in [0, 0.05) is 0 Å². The number of hydrogen-bond donors (Lipinski definition) is 1. The van der Waals surface area contributed by atoms with E-state index in [1.54, 1.807) is 0 Å². The molecule has 0 aromatic rings. The second kappa shape index (κ2) is 3.90. The Morgan fingerprint density at radius 1 is 1.56 bits per heavy atom. The van der Waals surface area contributed by atoms with E-state index in [1.807, 2.05) is 0 Å². The maximum atomic E-state index is 10.00. The number of nitrogens with one attached hydrogen (secondary N) is 1. The molecule has 3 heteroatoms. The van der Waals surface area contributed by atoms with Crippen LogP contribution >= 0.6 is 11.8 Å². The standard InChI is InChI=1S/C6H11NOS/c8-5-9-6-3-1-2-4-7-6/h5-7H,1-4H2. The average Bonchev–Trinajstić information content (AvgIpc) is 1.91. The van der Waals surface area contributed by atoms with Crippen molar-refractivity contribution in [3.63, 3.8) is 0 Å². The van der Waals surface area contributed by atoms with Crippen molar-refractivity contribution in [2.75, 3.05) is 6.54 Å². The van der Waals surface area contributed by atoms with Crippen LogP contribution in [0.15, 0.2) is 0 Å². The first-order chi connectivity index (χ1) is 4.43. The molecule has 1 unspecified atom stereocenters. The lowest BCUT2D eigenvalue weighted by atomic mass is 10.2. The molecule has 52 valence electrons. The molecule has 1 rings (SSSR count). The quantitative estimate of drug-likeness (QED) is 0.588. The summed E-state index contributed by atoms with van der Waals surface area (Å²) in [4.78, 5) is 10.00. The van der Waals surface area contributed by atoms with Gasteiger partial charge in [0.1, 0.15) is 0 Å². The molecule has 0 saturated carbocycles. The largest absolute Gasteiger partial charge is 0.305 e. The van der Waals surface area contributed by atoms with Gasteiger partial charge in [0.05, 0.1) is 5.37 Å². The van der Waals surface area contributed by atoms with Crippen LogP contribution in [0.25, 0.3) is 0 Å². The molecule has 0 radical (unpaired) electrons. The molecule has 1 saturated heterocycles. The SMILES string of the molecule is O=CSC1CCCCN1. The summed E-state index contributed by atoms with van der Waals surface area (Å²) in [6.07, 6.45) is 3.66. The molecule has 0 bridgehead atoms. The van der Waals surface area contributed by atoms with Crippen molar-refractivity contribution in [1.82, 2.24) is 5.32 Å². The highest BCUT2D eigenvalue weighted by Crippen LogP contribution is 2.15. The predicted molar refractivity (Wildman–Crippen MR) is 40.0 cm³/mol. The normalized spacial score (nSPS) is 27.8. The zero-order chi connectivity index (χ0) is 6.53. The van der Waals surface area contributed by atoms with Crippen LogP contribution in [0.4, 0.5) is 0 Å². The van der Waals surface area contributed by atoms with Crippen molar-refractivity contribution in [2.45, 2.75) is 24.6 Å². The van der Waals surface area contributed by atoms with Gasteiger partial charge in [0.2, 0.25) is 0 Å². The summed E-state index contributed by atoms with van der Waals surface area (Å²) in [6.45, 7) is 1.07. The molecular formula is C6H11NOS. The number of thioether (sulfide) groups is 1. The van der Waals surface area contributed by atoms with Crippen LogP contribution in [-0.2, 0) is 4.79 Å². The molecule has 1 N–H and O–H groups in total. The Hall–Kier alpha value is -0.0200. The second-order valence-electron chi connectivity index (χ2n) is 2.17. The fraction of sp³-hybridized carbons (Fsp3) is 0.833. The molecule has 1 fully saturated rings. The first kappa shape index (κ1) is 7.09. The van der Waals surface area contributed by atoms with Crippen molar-refractivity contribution in [2.24, 2.45) is 0 Å². The smallest absolute Gasteiger partial charge is 0.177 e. The van der Waals surface area contributed by atoms with E-state index in [2.05, 4.69) is 5.32 Å². The summed E-state index contributed by atoms with van der Waals surface area (Å²) >= 11 is 1.36. The fourth-order valence-electron chi connectivity index (χ4n) is 1.00. The van der Waals surface area contributed by atoms with Gasteiger partial charge in [-0.1, -0.05) is 11.8 Å². The minimum absolute atomic E-state index is 0.399. The predicted octanol–water partition coefficient (Wildman–Crippen LogP) is 1.01. The van der Waals surface area contributed by atoms with E-state index >= 15 is 0 Å². The van der Waals surface area contributed by atoms with Gasteiger partial charge in [0.15, 0.2) is 5.62 Å². The van der Waals surface area contributed by atoms with Crippen molar-refractivity contribution < 1.29 is 4.79 Å². The summed E-state index contributed by atoms with van der Waals surface area (Å²) in [5, 5.41) is 3.65. The van der Waals surface area contributed by atoms with Crippen molar-refractivity contribution in [3.8, 4) is 0 Å². The maximum absolute atomic E-state index is 10.00. The molecule has 1 atom stereocenters. The Labute approximate surface area is 59.4 Å². The lowest BCUT2D eigenvalue weighted by molar-refractivity contribution is 0.492. The van der Waals surface area contributed by atoms with E-state index in [0.29, 0.717) is 5.37 Å². The Balaban J connectivity index is 2.15. The summed E-state index contributed by atoms with van der Waals surface area (Å²) < 4.78 is 0. The summed E-state index contributed by atoms with van der Waals surface area (Å²) in [7, 11) is 0. The molecule has 2 nitrogen and oxygen atoms in total. The van der Waals surface area contributed by atoms with Crippen molar-refractivity contribution in [3.05, 3.63) is 0 Å². The van der Waals surface area contributed by atoms with Crippen molar-refractivity contribution in [1.29, 1.82) is 0 Å². The van der Waals surface area contributed by atoms with Gasteiger partial charge >= 0.3 is 0 Å². The van der Waals surface area contributed by atoms with E-state index in [9.17, 15) is 4.79 Å². The summed E-state index contributed by atoms with van der Waals surface area (Å²) in [5.74, 6) is 0. The highest BCUT2D eigenvalue weighted by atomic mass is 32.2. The number of carbonyl (C=O) groups excluding carboxylic acids is 1. The Bertz CT molecular complexity index is 91.1. The lowest BCUT2D eigenvalue weighted by Crippen LogP contribution is -2.31. The highest BCUT2D eigenvalue weighted by molar-refractivity contribution is 8.12. The first-order valence-corrected chi connectivity index (χ1v) is 4.20. The molecule has 1 aliphatic heterocycles. The molecule has 0 amide bonds. The Morgan fingerprint density at radius 2 is 2.44 bits per heavy atom. The van der Waals surface area contributed by atoms with Gasteiger partial charge in [-0.25, -0.2) is 0 Å². The minimum atomic E-state index is 0.399. The highest BCUT2D eigenvalue weighted by Gasteiger charge is 2.10. The summed E-state index contributed by atoms with van der Waals surface area (Å²) in [5.41, 5.74) is 0.920. The van der Waals surface area contributed by atoms with Gasteiger partial charge in [-0.05, 0) is 25.8 Å². The minimum Gasteiger partial charge on any atom is -0.305 e. The van der Waals surface area contributed by atoms with Gasteiger partial charge in [-0.3, -0.25) is 4.79 Å². The van der Waals surface area contributed by atoms with Crippen LogP contribution in [-0.4, -0.2) is 17.5 Å². The fourth-order valence-corrected chi connectivity index (χ4v) is 1.65. The molecule has 9 heavy (non-hydrogen) atoms. The molecule has 0 aromatic carbocycles. The molecule has 0 aromatic heterocycles. The van der Waals surface area contributed by atoms with Crippen LogP contribution in [0.3, 0.4) is 0 Å². The molecule has 1 heterocycles. The van der Waals surface area contributed by atoms with Gasteiger partial charge in [0.25, 0.3) is 0 Å². The third kappa shape index (κ3) is 2.37. The van der Waals surface area contributed by atoms with Crippen molar-refractivity contribution >= 4 is 17.4 Å². The number of piperidine rings is 1. The van der Waals surface area contributed by atoms with E-state index in [1.165, 1.54) is 24.6 Å². The lowest BCUT2D eigenvalue weighted by Gasteiger charge is -2.19. The Morgan fingerprint density at radius 3 is 3.00 bits per heavy atom. The third-order valence-electron chi connectivity index (χ3n) is 1.48. The Kier molecular flexibility index (Phi) is 3.08. The topological polar surface area (TPSA) is 29.1 Å². The monoisotopic (exact) mass is 145 g/mol. The van der Waals surface area contributed by atoms with Crippen LogP contribution in [0.5, 0.6) is 0 Å². The molecule has 0 aliphatic carbocycles. The zero-order valence-electron chi connectivity index (χ0n) is 5.30. The van der Waals surface area contributed by atoms with E-state index in [4.69, 9.17) is 0 Å². The average molecular weight is 145 g/mol. The number of carbonyl (C=O) groups is 1. The van der Waals surface area contributed by atoms with Gasteiger partial charge in [-0.2, -0.15) is 0 Å². The van der Waals surface area contributed by atoms with E-state index in [-0.39, 0.29) is 0 Å². The molecular weight excluding hydrogens is 134 g/mol. The molecule has 1 aliphatic rings. The first-order valence-electron chi connectivity index (χ1n) is 3.26. The van der Waals surface area contributed by atoms with E-state index < -0.39 is 0 Å². The maximum Gasteiger partial charge on any atom is 0.177 e. The number of hydrogen-bond acceptors (Lipinski definition) is 3. The van der Waals surface area contributed by atoms with Crippen LogP contribution in [0.2, 0.25) is 0 Å². The van der Waals surface area contributed by atoms with Crippen LogP contribution in [0.1, 0.15) is 19.3 Å². The summed E-state index contributed by atoms with van der Waals surface area (Å²) in [6, 6.07) is 0. The number of rotatable bonds is 2. The van der Waals surface area contributed by atoms with Crippen LogP contribution < -0.4 is 5.32 Å². The third-order valence-corrected chi connectivity index (χ3v) is 2.33. The van der Waals surface area contributed by atoms with Gasteiger partial charge in [-0.15, -0.1) is 0 Å². The van der Waals surface area contributed by atoms with Crippen LogP contribution in [0, 0.1) is 0 Å².